The summed E-state index contributed by atoms with van der Waals surface area (Å²) in [4.78, 5) is 6.58. The first-order valence-corrected chi connectivity index (χ1v) is 8.08. The van der Waals surface area contributed by atoms with Gasteiger partial charge in [0.05, 0.1) is 12.0 Å². The lowest BCUT2D eigenvalue weighted by Crippen LogP contribution is -2.14. The number of aryl methyl sites for hydroxylation is 3. The Balaban J connectivity index is 2.25. The molecule has 23 heavy (non-hydrogen) atoms. The Labute approximate surface area is 143 Å². The van der Waals surface area contributed by atoms with Crippen LogP contribution in [0.25, 0.3) is 0 Å². The molecule has 4 heteroatoms. The standard InChI is InChI=1S/C19H23ClN2O/c1-6-22(5)12-21-18-10-15(4)19(11-14(18)3)23-16-7-8-17(20)13(2)9-16/h7-12H,6H2,1-5H3. The topological polar surface area (TPSA) is 24.8 Å². The van der Waals surface area contributed by atoms with Crippen LogP contribution in [-0.2, 0) is 0 Å². The van der Waals surface area contributed by atoms with Crippen molar-refractivity contribution in [2.45, 2.75) is 27.7 Å². The average molecular weight is 331 g/mol. The van der Waals surface area contributed by atoms with E-state index in [0.717, 1.165) is 45.4 Å². The average Bonchev–Trinajstić information content (AvgIpc) is 2.52. The Morgan fingerprint density at radius 2 is 1.83 bits per heavy atom. The fraction of sp³-hybridized carbons (Fsp3) is 0.316. The summed E-state index contributed by atoms with van der Waals surface area (Å²) in [7, 11) is 2.01. The molecule has 0 amide bonds. The molecule has 3 nitrogen and oxygen atoms in total. The van der Waals surface area contributed by atoms with Crippen molar-refractivity contribution in [3.63, 3.8) is 0 Å². The molecule has 2 rings (SSSR count). The summed E-state index contributed by atoms with van der Waals surface area (Å²) in [6, 6.07) is 9.75. The Morgan fingerprint density at radius 1 is 1.09 bits per heavy atom. The van der Waals surface area contributed by atoms with E-state index in [2.05, 4.69) is 11.9 Å². The van der Waals surface area contributed by atoms with Gasteiger partial charge in [-0.25, -0.2) is 4.99 Å². The molecule has 0 N–H and O–H groups in total. The normalized spacial score (nSPS) is 11.0. The minimum atomic E-state index is 0.745. The van der Waals surface area contributed by atoms with Crippen LogP contribution >= 0.6 is 11.6 Å². The van der Waals surface area contributed by atoms with Crippen molar-refractivity contribution >= 4 is 23.6 Å². The second-order valence-electron chi connectivity index (χ2n) is 5.74. The zero-order chi connectivity index (χ0) is 17.0. The van der Waals surface area contributed by atoms with Crippen LogP contribution in [-0.4, -0.2) is 24.8 Å². The molecule has 0 heterocycles. The molecule has 0 atom stereocenters. The van der Waals surface area contributed by atoms with Gasteiger partial charge in [-0.1, -0.05) is 11.6 Å². The Morgan fingerprint density at radius 3 is 2.48 bits per heavy atom. The third-order valence-electron chi connectivity index (χ3n) is 3.74. The van der Waals surface area contributed by atoms with E-state index >= 15 is 0 Å². The number of hydrogen-bond donors (Lipinski definition) is 0. The van der Waals surface area contributed by atoms with Crippen LogP contribution in [0.4, 0.5) is 5.69 Å². The van der Waals surface area contributed by atoms with E-state index < -0.39 is 0 Å². The monoisotopic (exact) mass is 330 g/mol. The zero-order valence-corrected chi connectivity index (χ0v) is 15.1. The van der Waals surface area contributed by atoms with E-state index in [0.29, 0.717) is 0 Å². The van der Waals surface area contributed by atoms with Gasteiger partial charge in [-0.05, 0) is 74.7 Å². The molecule has 0 aliphatic rings. The molecule has 0 saturated heterocycles. The number of benzene rings is 2. The van der Waals surface area contributed by atoms with Crippen LogP contribution in [0, 0.1) is 20.8 Å². The van der Waals surface area contributed by atoms with Crippen LogP contribution in [0.5, 0.6) is 11.5 Å². The first-order chi connectivity index (χ1) is 10.9. The third kappa shape index (κ3) is 4.49. The largest absolute Gasteiger partial charge is 0.457 e. The van der Waals surface area contributed by atoms with Gasteiger partial charge >= 0.3 is 0 Å². The lowest BCUT2D eigenvalue weighted by Gasteiger charge is -2.13. The van der Waals surface area contributed by atoms with Gasteiger partial charge in [-0.3, -0.25) is 0 Å². The highest BCUT2D eigenvalue weighted by molar-refractivity contribution is 6.31. The van der Waals surface area contributed by atoms with E-state index in [9.17, 15) is 0 Å². The van der Waals surface area contributed by atoms with Crippen molar-refractivity contribution in [2.75, 3.05) is 13.6 Å². The van der Waals surface area contributed by atoms with E-state index in [1.54, 1.807) is 0 Å². The first kappa shape index (κ1) is 17.4. The van der Waals surface area contributed by atoms with E-state index in [1.165, 1.54) is 0 Å². The van der Waals surface area contributed by atoms with Crippen molar-refractivity contribution < 1.29 is 4.74 Å². The molecule has 0 radical (unpaired) electrons. The van der Waals surface area contributed by atoms with E-state index in [1.807, 2.05) is 69.4 Å². The number of ether oxygens (including phenoxy) is 1. The Hall–Kier alpha value is -2.00. The summed E-state index contributed by atoms with van der Waals surface area (Å²) >= 11 is 6.06. The number of nitrogens with zero attached hydrogens (tertiary/aromatic N) is 2. The van der Waals surface area contributed by atoms with Crippen LogP contribution in [0.1, 0.15) is 23.6 Å². The maximum atomic E-state index is 6.06. The fourth-order valence-corrected chi connectivity index (χ4v) is 2.19. The van der Waals surface area contributed by atoms with Crippen molar-refractivity contribution in [3.8, 4) is 11.5 Å². The highest BCUT2D eigenvalue weighted by atomic mass is 35.5. The van der Waals surface area contributed by atoms with Gasteiger partial charge in [0.15, 0.2) is 0 Å². The fourth-order valence-electron chi connectivity index (χ4n) is 2.07. The van der Waals surface area contributed by atoms with Crippen LogP contribution in [0.3, 0.4) is 0 Å². The molecule has 0 saturated carbocycles. The molecule has 0 spiro atoms. The summed E-state index contributed by atoms with van der Waals surface area (Å²) in [5, 5.41) is 0.745. The molecule has 0 unspecified atom stereocenters. The van der Waals surface area contributed by atoms with Gasteiger partial charge < -0.3 is 9.64 Å². The summed E-state index contributed by atoms with van der Waals surface area (Å²) in [6.07, 6.45) is 1.85. The molecule has 0 aromatic heterocycles. The minimum Gasteiger partial charge on any atom is -0.457 e. The summed E-state index contributed by atoms with van der Waals surface area (Å²) < 4.78 is 6.01. The van der Waals surface area contributed by atoms with Crippen molar-refractivity contribution in [2.24, 2.45) is 4.99 Å². The number of aliphatic imine (C=N–C) groups is 1. The molecular weight excluding hydrogens is 308 g/mol. The van der Waals surface area contributed by atoms with Crippen LogP contribution < -0.4 is 4.74 Å². The van der Waals surface area contributed by atoms with Gasteiger partial charge in [-0.15, -0.1) is 0 Å². The smallest absolute Gasteiger partial charge is 0.130 e. The minimum absolute atomic E-state index is 0.745. The molecule has 2 aromatic carbocycles. The van der Waals surface area contributed by atoms with Crippen molar-refractivity contribution in [1.29, 1.82) is 0 Å². The summed E-state index contributed by atoms with van der Waals surface area (Å²) in [5.74, 6) is 1.63. The van der Waals surface area contributed by atoms with E-state index in [4.69, 9.17) is 16.3 Å². The molecule has 2 aromatic rings. The molecule has 0 aliphatic heterocycles. The third-order valence-corrected chi connectivity index (χ3v) is 4.17. The highest BCUT2D eigenvalue weighted by Crippen LogP contribution is 2.32. The number of halogens is 1. The predicted octanol–water partition coefficient (Wildman–Crippen LogP) is 5.67. The zero-order valence-electron chi connectivity index (χ0n) is 14.4. The van der Waals surface area contributed by atoms with Crippen molar-refractivity contribution in [3.05, 3.63) is 52.0 Å². The maximum absolute atomic E-state index is 6.06. The van der Waals surface area contributed by atoms with Crippen LogP contribution in [0.15, 0.2) is 35.3 Å². The Kier molecular flexibility index (Phi) is 5.67. The molecule has 0 fully saturated rings. The Bertz CT molecular complexity index is 726. The van der Waals surface area contributed by atoms with Gasteiger partial charge in [0.25, 0.3) is 0 Å². The molecule has 0 aliphatic carbocycles. The quantitative estimate of drug-likeness (QED) is 0.521. The van der Waals surface area contributed by atoms with E-state index in [-0.39, 0.29) is 0 Å². The summed E-state index contributed by atoms with van der Waals surface area (Å²) in [5.41, 5.74) is 4.09. The lowest BCUT2D eigenvalue weighted by atomic mass is 10.1. The van der Waals surface area contributed by atoms with Gasteiger partial charge in [-0.2, -0.15) is 0 Å². The first-order valence-electron chi connectivity index (χ1n) is 7.70. The number of hydrogen-bond acceptors (Lipinski definition) is 2. The number of rotatable bonds is 5. The second-order valence-corrected chi connectivity index (χ2v) is 6.14. The lowest BCUT2D eigenvalue weighted by molar-refractivity contribution is 0.478. The maximum Gasteiger partial charge on any atom is 0.130 e. The van der Waals surface area contributed by atoms with Gasteiger partial charge in [0.2, 0.25) is 0 Å². The van der Waals surface area contributed by atoms with Gasteiger partial charge in [0, 0.05) is 18.6 Å². The summed E-state index contributed by atoms with van der Waals surface area (Å²) in [6.45, 7) is 9.06. The van der Waals surface area contributed by atoms with Crippen LogP contribution in [0.2, 0.25) is 5.02 Å². The molecule has 0 bridgehead atoms. The molecule has 122 valence electrons. The molecular formula is C19H23ClN2O. The van der Waals surface area contributed by atoms with Crippen molar-refractivity contribution in [1.82, 2.24) is 4.90 Å². The second kappa shape index (κ2) is 7.51. The predicted molar refractivity (Wildman–Crippen MR) is 98.6 cm³/mol. The SMILES string of the molecule is CCN(C)C=Nc1cc(C)c(Oc2ccc(Cl)c(C)c2)cc1C. The highest BCUT2D eigenvalue weighted by Gasteiger charge is 2.07. The van der Waals surface area contributed by atoms with Gasteiger partial charge in [0.1, 0.15) is 11.5 Å².